The highest BCUT2D eigenvalue weighted by Gasteiger charge is 2.14. The first-order chi connectivity index (χ1) is 8.56. The van der Waals surface area contributed by atoms with Crippen LogP contribution in [-0.2, 0) is 4.79 Å². The molecular formula is C13H12FNO2S. The Kier molecular flexibility index (Phi) is 3.72. The van der Waals surface area contributed by atoms with Crippen LogP contribution in [0.25, 0.3) is 11.3 Å². The molecule has 1 N–H and O–H groups in total. The largest absolute Gasteiger partial charge is 0.481 e. The number of nitrogens with zero attached hydrogens (tertiary/aromatic N) is 1. The Morgan fingerprint density at radius 3 is 2.72 bits per heavy atom. The van der Waals surface area contributed by atoms with Crippen LogP contribution in [0.3, 0.4) is 0 Å². The van der Waals surface area contributed by atoms with Crippen molar-refractivity contribution < 1.29 is 14.3 Å². The first-order valence-electron chi connectivity index (χ1n) is 5.49. The van der Waals surface area contributed by atoms with E-state index in [0.717, 1.165) is 16.3 Å². The third-order valence-electron chi connectivity index (χ3n) is 2.56. The van der Waals surface area contributed by atoms with Crippen molar-refractivity contribution >= 4 is 17.3 Å². The Morgan fingerprint density at radius 2 is 2.11 bits per heavy atom. The van der Waals surface area contributed by atoms with Gasteiger partial charge in [-0.3, -0.25) is 4.79 Å². The molecule has 0 bridgehead atoms. The molecule has 3 nitrogen and oxygen atoms in total. The molecule has 0 saturated carbocycles. The van der Waals surface area contributed by atoms with Crippen molar-refractivity contribution in [3.8, 4) is 11.3 Å². The van der Waals surface area contributed by atoms with Gasteiger partial charge in [0.1, 0.15) is 5.82 Å². The number of thiazole rings is 1. The van der Waals surface area contributed by atoms with Crippen molar-refractivity contribution in [2.75, 3.05) is 0 Å². The SMILES string of the molecule is CC(CC(=O)O)c1nc(-c2ccc(F)cc2)cs1. The first kappa shape index (κ1) is 12.7. The second kappa shape index (κ2) is 5.27. The van der Waals surface area contributed by atoms with E-state index in [0.29, 0.717) is 0 Å². The van der Waals surface area contributed by atoms with E-state index in [-0.39, 0.29) is 18.2 Å². The van der Waals surface area contributed by atoms with Gasteiger partial charge >= 0.3 is 5.97 Å². The third-order valence-corrected chi connectivity index (χ3v) is 3.64. The lowest BCUT2D eigenvalue weighted by molar-refractivity contribution is -0.137. The van der Waals surface area contributed by atoms with Crippen LogP contribution in [0.4, 0.5) is 4.39 Å². The van der Waals surface area contributed by atoms with Crippen LogP contribution in [0.5, 0.6) is 0 Å². The third kappa shape index (κ3) is 2.92. The van der Waals surface area contributed by atoms with E-state index >= 15 is 0 Å². The molecule has 2 aromatic rings. The molecule has 18 heavy (non-hydrogen) atoms. The lowest BCUT2D eigenvalue weighted by Gasteiger charge is -2.03. The summed E-state index contributed by atoms with van der Waals surface area (Å²) in [4.78, 5) is 15.0. The second-order valence-electron chi connectivity index (χ2n) is 4.08. The van der Waals surface area contributed by atoms with Crippen molar-refractivity contribution in [3.63, 3.8) is 0 Å². The molecule has 2 rings (SSSR count). The number of benzene rings is 1. The molecule has 94 valence electrons. The molecule has 0 aliphatic heterocycles. The highest BCUT2D eigenvalue weighted by Crippen LogP contribution is 2.28. The minimum atomic E-state index is -0.832. The molecule has 0 fully saturated rings. The van der Waals surface area contributed by atoms with Gasteiger partial charge in [-0.05, 0) is 24.3 Å². The van der Waals surface area contributed by atoms with Crippen molar-refractivity contribution in [1.82, 2.24) is 4.98 Å². The predicted molar refractivity (Wildman–Crippen MR) is 68.2 cm³/mol. The zero-order chi connectivity index (χ0) is 13.1. The number of carboxylic acids is 1. The fourth-order valence-corrected chi connectivity index (χ4v) is 2.50. The second-order valence-corrected chi connectivity index (χ2v) is 4.97. The molecule has 1 aromatic heterocycles. The van der Waals surface area contributed by atoms with E-state index in [1.54, 1.807) is 12.1 Å². The van der Waals surface area contributed by atoms with Gasteiger partial charge in [0.05, 0.1) is 17.1 Å². The van der Waals surface area contributed by atoms with E-state index in [1.165, 1.54) is 23.5 Å². The summed E-state index contributed by atoms with van der Waals surface area (Å²) in [5.74, 6) is -1.23. The Labute approximate surface area is 108 Å². The van der Waals surface area contributed by atoms with Crippen LogP contribution >= 0.6 is 11.3 Å². The van der Waals surface area contributed by atoms with Crippen molar-refractivity contribution in [3.05, 3.63) is 40.5 Å². The number of hydrogen-bond acceptors (Lipinski definition) is 3. The Morgan fingerprint density at radius 1 is 1.44 bits per heavy atom. The van der Waals surface area contributed by atoms with Gasteiger partial charge in [-0.25, -0.2) is 9.37 Å². The highest BCUT2D eigenvalue weighted by molar-refractivity contribution is 7.10. The number of hydrogen-bond donors (Lipinski definition) is 1. The lowest BCUT2D eigenvalue weighted by atomic mass is 10.1. The summed E-state index contributed by atoms with van der Waals surface area (Å²) in [5.41, 5.74) is 1.59. The lowest BCUT2D eigenvalue weighted by Crippen LogP contribution is -2.02. The highest BCUT2D eigenvalue weighted by atomic mass is 32.1. The molecule has 0 aliphatic rings. The molecule has 5 heteroatoms. The van der Waals surface area contributed by atoms with Crippen LogP contribution in [-0.4, -0.2) is 16.1 Å². The summed E-state index contributed by atoms with van der Waals surface area (Å²) in [6.45, 7) is 1.83. The minimum Gasteiger partial charge on any atom is -0.481 e. The van der Waals surface area contributed by atoms with Gasteiger partial charge in [-0.1, -0.05) is 6.92 Å². The van der Waals surface area contributed by atoms with E-state index in [9.17, 15) is 9.18 Å². The van der Waals surface area contributed by atoms with Gasteiger partial charge in [0.15, 0.2) is 0 Å². The number of aromatic nitrogens is 1. The van der Waals surface area contributed by atoms with Gasteiger partial charge in [-0.15, -0.1) is 11.3 Å². The quantitative estimate of drug-likeness (QED) is 0.920. The molecule has 1 aromatic carbocycles. The number of carbonyl (C=O) groups is 1. The summed E-state index contributed by atoms with van der Waals surface area (Å²) in [7, 11) is 0. The van der Waals surface area contributed by atoms with Crippen molar-refractivity contribution in [2.24, 2.45) is 0 Å². The maximum atomic E-state index is 12.8. The first-order valence-corrected chi connectivity index (χ1v) is 6.37. The molecule has 1 heterocycles. The summed E-state index contributed by atoms with van der Waals surface area (Å²) >= 11 is 1.43. The molecule has 0 amide bonds. The molecule has 0 radical (unpaired) electrons. The number of rotatable bonds is 4. The summed E-state index contributed by atoms with van der Waals surface area (Å²) in [6, 6.07) is 6.09. The fourth-order valence-electron chi connectivity index (χ4n) is 1.62. The zero-order valence-corrected chi connectivity index (χ0v) is 10.6. The number of aliphatic carboxylic acids is 1. The van der Waals surface area contributed by atoms with Crippen LogP contribution in [0.2, 0.25) is 0 Å². The molecule has 1 unspecified atom stereocenters. The number of carboxylic acid groups (broad SMARTS) is 1. The average Bonchev–Trinajstić information content (AvgIpc) is 2.78. The Balaban J connectivity index is 2.19. The van der Waals surface area contributed by atoms with Crippen molar-refractivity contribution in [1.29, 1.82) is 0 Å². The summed E-state index contributed by atoms with van der Waals surface area (Å²) in [6.07, 6.45) is 0.0658. The van der Waals surface area contributed by atoms with Gasteiger partial charge < -0.3 is 5.11 Å². The van der Waals surface area contributed by atoms with Gasteiger partial charge in [0.25, 0.3) is 0 Å². The fraction of sp³-hybridized carbons (Fsp3) is 0.231. The summed E-state index contributed by atoms with van der Waals surface area (Å²) < 4.78 is 12.8. The smallest absolute Gasteiger partial charge is 0.304 e. The zero-order valence-electron chi connectivity index (χ0n) is 9.76. The summed E-state index contributed by atoms with van der Waals surface area (Å²) in [5, 5.41) is 11.4. The van der Waals surface area contributed by atoms with Crippen LogP contribution in [0, 0.1) is 5.82 Å². The maximum absolute atomic E-state index is 12.8. The van der Waals surface area contributed by atoms with Gasteiger partial charge in [0.2, 0.25) is 0 Å². The molecule has 0 saturated heterocycles. The van der Waals surface area contributed by atoms with Crippen LogP contribution in [0.15, 0.2) is 29.6 Å². The van der Waals surface area contributed by atoms with Crippen LogP contribution < -0.4 is 0 Å². The monoisotopic (exact) mass is 265 g/mol. The van der Waals surface area contributed by atoms with E-state index in [2.05, 4.69) is 4.98 Å². The van der Waals surface area contributed by atoms with Gasteiger partial charge in [-0.2, -0.15) is 0 Å². The topological polar surface area (TPSA) is 50.2 Å². The van der Waals surface area contributed by atoms with E-state index in [4.69, 9.17) is 5.11 Å². The molecular weight excluding hydrogens is 253 g/mol. The maximum Gasteiger partial charge on any atom is 0.304 e. The Hall–Kier alpha value is -1.75. The molecule has 0 spiro atoms. The molecule has 0 aliphatic carbocycles. The Bertz CT molecular complexity index is 550. The normalized spacial score (nSPS) is 12.3. The predicted octanol–water partition coefficient (Wildman–Crippen LogP) is 3.53. The molecule has 1 atom stereocenters. The van der Waals surface area contributed by atoms with E-state index < -0.39 is 5.97 Å². The average molecular weight is 265 g/mol. The van der Waals surface area contributed by atoms with Crippen LogP contribution in [0.1, 0.15) is 24.3 Å². The van der Waals surface area contributed by atoms with E-state index in [1.807, 2.05) is 12.3 Å². The minimum absolute atomic E-state index is 0.0658. The van der Waals surface area contributed by atoms with Crippen molar-refractivity contribution in [2.45, 2.75) is 19.3 Å². The van der Waals surface area contributed by atoms with Gasteiger partial charge in [0, 0.05) is 16.9 Å². The standard InChI is InChI=1S/C13H12FNO2S/c1-8(6-12(16)17)13-15-11(7-18-13)9-2-4-10(14)5-3-9/h2-5,7-8H,6H2,1H3,(H,16,17). The number of halogens is 1.